The van der Waals surface area contributed by atoms with Gasteiger partial charge in [0, 0.05) is 0 Å². The molecule has 0 radical (unpaired) electrons. The third-order valence-corrected chi connectivity index (χ3v) is 4.17. The molecular weight excluding hydrogens is 316 g/mol. The fourth-order valence-corrected chi connectivity index (χ4v) is 2.76. The Morgan fingerprint density at radius 1 is 1.08 bits per heavy atom. The number of hydrogen-bond donors (Lipinski definition) is 1. The summed E-state index contributed by atoms with van der Waals surface area (Å²) in [6.07, 6.45) is 3.70. The van der Waals surface area contributed by atoms with Crippen LogP contribution < -0.4 is 9.47 Å². The van der Waals surface area contributed by atoms with Crippen molar-refractivity contribution in [3.63, 3.8) is 0 Å². The summed E-state index contributed by atoms with van der Waals surface area (Å²) in [5.41, 5.74) is 1.71. The van der Waals surface area contributed by atoms with Crippen molar-refractivity contribution in [3.8, 4) is 11.5 Å². The third kappa shape index (κ3) is 5.52. The number of unbranched alkanes of at least 4 members (excludes halogenated alkanes) is 2. The normalized spacial score (nSPS) is 11.8. The predicted octanol–water partition coefficient (Wildman–Crippen LogP) is 4.68. The van der Waals surface area contributed by atoms with Crippen LogP contribution in [-0.4, -0.2) is 24.8 Å². The number of hydrogen-bond acceptors (Lipinski definition) is 3. The van der Waals surface area contributed by atoms with E-state index in [0.29, 0.717) is 24.5 Å². The summed E-state index contributed by atoms with van der Waals surface area (Å²) < 4.78 is 11.2. The van der Waals surface area contributed by atoms with Crippen LogP contribution in [0.2, 0.25) is 0 Å². The minimum absolute atomic E-state index is 0.409. The zero-order valence-corrected chi connectivity index (χ0v) is 14.9. The van der Waals surface area contributed by atoms with E-state index in [-0.39, 0.29) is 0 Å². The van der Waals surface area contributed by atoms with Gasteiger partial charge in [0.1, 0.15) is 0 Å². The molecule has 134 valence electrons. The van der Waals surface area contributed by atoms with Gasteiger partial charge in [0.25, 0.3) is 0 Å². The summed E-state index contributed by atoms with van der Waals surface area (Å²) in [6.45, 7) is 2.81. The Morgan fingerprint density at radius 2 is 1.84 bits per heavy atom. The number of aliphatic carboxylic acids is 1. The van der Waals surface area contributed by atoms with Crippen LogP contribution in [0, 0.1) is 0 Å². The third-order valence-electron chi connectivity index (χ3n) is 4.17. The van der Waals surface area contributed by atoms with Gasteiger partial charge in [0.2, 0.25) is 0 Å². The van der Waals surface area contributed by atoms with Crippen molar-refractivity contribution in [3.05, 3.63) is 59.7 Å². The summed E-state index contributed by atoms with van der Waals surface area (Å²) in [7, 11) is 1.60. The van der Waals surface area contributed by atoms with E-state index in [1.807, 2.05) is 48.5 Å². The van der Waals surface area contributed by atoms with E-state index in [1.54, 1.807) is 7.11 Å². The van der Waals surface area contributed by atoms with Crippen molar-refractivity contribution in [1.82, 2.24) is 0 Å². The van der Waals surface area contributed by atoms with Gasteiger partial charge in [0.15, 0.2) is 11.5 Å². The van der Waals surface area contributed by atoms with Crippen LogP contribution >= 0.6 is 0 Å². The second kappa shape index (κ2) is 9.72. The molecule has 0 bridgehead atoms. The van der Waals surface area contributed by atoms with Crippen molar-refractivity contribution in [1.29, 1.82) is 0 Å². The Bertz CT molecular complexity index is 667. The van der Waals surface area contributed by atoms with Crippen molar-refractivity contribution < 1.29 is 19.4 Å². The average molecular weight is 342 g/mol. The Morgan fingerprint density at radius 3 is 2.48 bits per heavy atom. The van der Waals surface area contributed by atoms with Gasteiger partial charge in [-0.1, -0.05) is 56.2 Å². The average Bonchev–Trinajstić information content (AvgIpc) is 2.64. The highest BCUT2D eigenvalue weighted by molar-refractivity contribution is 5.76. The van der Waals surface area contributed by atoms with Gasteiger partial charge in [-0.25, -0.2) is 0 Å². The molecule has 0 aliphatic rings. The molecule has 0 saturated heterocycles. The zero-order chi connectivity index (χ0) is 18.1. The molecule has 2 aromatic rings. The number of benzene rings is 2. The predicted molar refractivity (Wildman–Crippen MR) is 98.5 cm³/mol. The van der Waals surface area contributed by atoms with Crippen molar-refractivity contribution >= 4 is 5.97 Å². The minimum atomic E-state index is -0.829. The van der Waals surface area contributed by atoms with Crippen LogP contribution in [0.3, 0.4) is 0 Å². The van der Waals surface area contributed by atoms with E-state index in [2.05, 4.69) is 6.92 Å². The zero-order valence-electron chi connectivity index (χ0n) is 14.9. The topological polar surface area (TPSA) is 55.8 Å². The molecule has 2 aromatic carbocycles. The maximum atomic E-state index is 11.7. The molecule has 0 aromatic heterocycles. The minimum Gasteiger partial charge on any atom is -0.493 e. The molecule has 0 spiro atoms. The maximum absolute atomic E-state index is 11.7. The van der Waals surface area contributed by atoms with Crippen LogP contribution in [0.1, 0.15) is 43.2 Å². The molecule has 0 aliphatic carbocycles. The van der Waals surface area contributed by atoms with E-state index < -0.39 is 11.9 Å². The molecule has 2 rings (SSSR count). The standard InChI is InChI=1S/C21H26O4/c1-3-4-8-13-25-19-12-11-16(15-20(19)24-2)14-18(21(22)23)17-9-6-5-7-10-17/h5-7,9-12,15,18H,3-4,8,13-14H2,1-2H3,(H,22,23). The molecule has 0 saturated carbocycles. The summed E-state index contributed by atoms with van der Waals surface area (Å²) in [5, 5.41) is 9.58. The second-order valence-electron chi connectivity index (χ2n) is 6.05. The van der Waals surface area contributed by atoms with Crippen molar-refractivity contribution in [2.75, 3.05) is 13.7 Å². The molecule has 0 fully saturated rings. The lowest BCUT2D eigenvalue weighted by Gasteiger charge is -2.15. The summed E-state index contributed by atoms with van der Waals surface area (Å²) in [5.74, 6) is -0.0626. The molecule has 4 heteroatoms. The molecular formula is C21H26O4. The molecule has 25 heavy (non-hydrogen) atoms. The number of carbonyl (C=O) groups is 1. The highest BCUT2D eigenvalue weighted by Crippen LogP contribution is 2.31. The number of carboxylic acids is 1. The molecule has 4 nitrogen and oxygen atoms in total. The molecule has 0 aliphatic heterocycles. The van der Waals surface area contributed by atoms with E-state index in [4.69, 9.17) is 9.47 Å². The lowest BCUT2D eigenvalue weighted by atomic mass is 9.92. The Hall–Kier alpha value is -2.49. The van der Waals surface area contributed by atoms with Gasteiger partial charge in [-0.15, -0.1) is 0 Å². The summed E-state index contributed by atoms with van der Waals surface area (Å²) in [4.78, 5) is 11.7. The summed E-state index contributed by atoms with van der Waals surface area (Å²) in [6, 6.07) is 14.9. The van der Waals surface area contributed by atoms with Gasteiger partial charge in [0.05, 0.1) is 19.6 Å². The molecule has 0 heterocycles. The van der Waals surface area contributed by atoms with Gasteiger partial charge in [-0.3, -0.25) is 4.79 Å². The van der Waals surface area contributed by atoms with Gasteiger partial charge in [-0.2, -0.15) is 0 Å². The maximum Gasteiger partial charge on any atom is 0.311 e. The molecule has 1 unspecified atom stereocenters. The molecule has 1 atom stereocenters. The first-order valence-electron chi connectivity index (χ1n) is 8.73. The van der Waals surface area contributed by atoms with Crippen LogP contribution in [-0.2, 0) is 11.2 Å². The van der Waals surface area contributed by atoms with Gasteiger partial charge >= 0.3 is 5.97 Å². The van der Waals surface area contributed by atoms with E-state index >= 15 is 0 Å². The lowest BCUT2D eigenvalue weighted by molar-refractivity contribution is -0.138. The fourth-order valence-electron chi connectivity index (χ4n) is 2.76. The molecule has 1 N–H and O–H groups in total. The first-order chi connectivity index (χ1) is 12.2. The van der Waals surface area contributed by atoms with E-state index in [0.717, 1.165) is 30.4 Å². The Labute approximate surface area is 149 Å². The largest absolute Gasteiger partial charge is 0.493 e. The Balaban J connectivity index is 2.12. The first-order valence-corrected chi connectivity index (χ1v) is 8.73. The van der Waals surface area contributed by atoms with Crippen molar-refractivity contribution in [2.45, 2.75) is 38.5 Å². The fraction of sp³-hybridized carbons (Fsp3) is 0.381. The summed E-state index contributed by atoms with van der Waals surface area (Å²) >= 11 is 0. The first kappa shape index (κ1) is 18.8. The number of rotatable bonds is 10. The van der Waals surface area contributed by atoms with Crippen molar-refractivity contribution in [2.24, 2.45) is 0 Å². The number of ether oxygens (including phenoxy) is 2. The monoisotopic (exact) mass is 342 g/mol. The number of methoxy groups -OCH3 is 1. The SMILES string of the molecule is CCCCCOc1ccc(CC(C(=O)O)c2ccccc2)cc1OC. The van der Waals surface area contributed by atoms with E-state index in [1.165, 1.54) is 0 Å². The Kier molecular flexibility index (Phi) is 7.33. The van der Waals surface area contributed by atoms with Crippen LogP contribution in [0.25, 0.3) is 0 Å². The highest BCUT2D eigenvalue weighted by atomic mass is 16.5. The smallest absolute Gasteiger partial charge is 0.311 e. The molecule has 0 amide bonds. The van der Waals surface area contributed by atoms with Crippen LogP contribution in [0.5, 0.6) is 11.5 Å². The van der Waals surface area contributed by atoms with Gasteiger partial charge < -0.3 is 14.6 Å². The van der Waals surface area contributed by atoms with Crippen LogP contribution in [0.4, 0.5) is 0 Å². The second-order valence-corrected chi connectivity index (χ2v) is 6.05. The quantitative estimate of drug-likeness (QED) is 0.637. The highest BCUT2D eigenvalue weighted by Gasteiger charge is 2.20. The lowest BCUT2D eigenvalue weighted by Crippen LogP contribution is -2.14. The van der Waals surface area contributed by atoms with Gasteiger partial charge in [-0.05, 0) is 36.1 Å². The number of carboxylic acid groups (broad SMARTS) is 1. The van der Waals surface area contributed by atoms with E-state index in [9.17, 15) is 9.90 Å². The van der Waals surface area contributed by atoms with Crippen LogP contribution in [0.15, 0.2) is 48.5 Å².